The van der Waals surface area contributed by atoms with Crippen LogP contribution in [0.25, 0.3) is 0 Å². The summed E-state index contributed by atoms with van der Waals surface area (Å²) in [6.07, 6.45) is 1.30. The average Bonchev–Trinajstić information content (AvgIpc) is 2.96. The van der Waals surface area contributed by atoms with Crippen LogP contribution in [-0.4, -0.2) is 55.2 Å². The van der Waals surface area contributed by atoms with E-state index in [-0.39, 0.29) is 16.8 Å². The summed E-state index contributed by atoms with van der Waals surface area (Å²) in [5.74, 6) is 0.200. The molecule has 0 radical (unpaired) electrons. The second-order valence-corrected chi connectivity index (χ2v) is 13.2. The highest BCUT2D eigenvalue weighted by Crippen LogP contribution is 2.41. The summed E-state index contributed by atoms with van der Waals surface area (Å²) in [4.78, 5) is 15.8. The maximum atomic E-state index is 13.3. The van der Waals surface area contributed by atoms with Crippen molar-refractivity contribution >= 4 is 15.9 Å². The zero-order chi connectivity index (χ0) is 29.2. The Bertz CT molecular complexity index is 1470. The maximum absolute atomic E-state index is 13.3. The zero-order valence-corrected chi connectivity index (χ0v) is 24.7. The van der Waals surface area contributed by atoms with E-state index < -0.39 is 27.8 Å². The van der Waals surface area contributed by atoms with Crippen LogP contribution < -0.4 is 14.8 Å². The molecule has 41 heavy (non-hydrogen) atoms. The normalized spacial score (nSPS) is 21.1. The van der Waals surface area contributed by atoms with Crippen LogP contribution in [0.4, 0.5) is 0 Å². The fraction of sp³-hybridized carbons (Fsp3) is 0.406. The van der Waals surface area contributed by atoms with Crippen LogP contribution in [0, 0.1) is 0 Å². The highest BCUT2D eigenvalue weighted by molar-refractivity contribution is 7.89. The molecule has 3 aromatic carbocycles. The number of piperidine rings is 1. The van der Waals surface area contributed by atoms with Gasteiger partial charge in [-0.05, 0) is 74.6 Å². The summed E-state index contributed by atoms with van der Waals surface area (Å²) in [7, 11) is -3.97. The van der Waals surface area contributed by atoms with Crippen LogP contribution in [0.2, 0.25) is 0 Å². The number of ether oxygens (including phenoxy) is 1. The van der Waals surface area contributed by atoms with Gasteiger partial charge in [0, 0.05) is 36.8 Å². The van der Waals surface area contributed by atoms with Crippen molar-refractivity contribution in [3.05, 3.63) is 95.1 Å². The van der Waals surface area contributed by atoms with Crippen molar-refractivity contribution < 1.29 is 23.1 Å². The molecule has 8 nitrogen and oxygen atoms in total. The van der Waals surface area contributed by atoms with Crippen molar-refractivity contribution in [2.75, 3.05) is 13.1 Å². The van der Waals surface area contributed by atoms with Gasteiger partial charge in [0.1, 0.15) is 17.5 Å². The van der Waals surface area contributed by atoms with Crippen molar-refractivity contribution in [1.82, 2.24) is 14.9 Å². The number of benzene rings is 3. The van der Waals surface area contributed by atoms with E-state index in [1.165, 1.54) is 5.56 Å². The molecule has 2 atom stereocenters. The van der Waals surface area contributed by atoms with Crippen LogP contribution >= 0.6 is 0 Å². The number of nitrogens with zero attached hydrogens (tertiary/aromatic N) is 1. The SMILES string of the molecule is CCc1ccc(S(=O)(=O)N[C@@H]2c3cc(C(=O)NC4CCN(Cc5ccccc5)CC4)ccc3OC(C)(C)[C@H]2O)cc1. The van der Waals surface area contributed by atoms with E-state index in [4.69, 9.17) is 4.74 Å². The Hall–Kier alpha value is -3.24. The van der Waals surface area contributed by atoms with Gasteiger partial charge >= 0.3 is 0 Å². The van der Waals surface area contributed by atoms with Gasteiger partial charge < -0.3 is 15.2 Å². The minimum absolute atomic E-state index is 0.0479. The van der Waals surface area contributed by atoms with E-state index in [1.807, 2.05) is 25.1 Å². The third-order valence-electron chi connectivity index (χ3n) is 8.10. The number of aliphatic hydroxyl groups excluding tert-OH is 1. The Morgan fingerprint density at radius 3 is 2.34 bits per heavy atom. The first kappa shape index (κ1) is 29.3. The lowest BCUT2D eigenvalue weighted by Crippen LogP contribution is -2.53. The number of carbonyl (C=O) groups excluding carboxylic acids is 1. The molecule has 1 amide bonds. The van der Waals surface area contributed by atoms with Gasteiger partial charge in [-0.2, -0.15) is 0 Å². The molecular formula is C32H39N3O5S. The second kappa shape index (κ2) is 11.9. The molecule has 3 aromatic rings. The zero-order valence-electron chi connectivity index (χ0n) is 23.8. The molecule has 218 valence electrons. The van der Waals surface area contributed by atoms with Gasteiger partial charge in [-0.3, -0.25) is 9.69 Å². The van der Waals surface area contributed by atoms with Crippen LogP contribution in [0.1, 0.15) is 66.7 Å². The van der Waals surface area contributed by atoms with Crippen LogP contribution in [0.15, 0.2) is 77.7 Å². The predicted molar refractivity (Wildman–Crippen MR) is 158 cm³/mol. The van der Waals surface area contributed by atoms with Gasteiger partial charge in [-0.25, -0.2) is 13.1 Å². The summed E-state index contributed by atoms with van der Waals surface area (Å²) < 4.78 is 35.4. The fourth-order valence-corrected chi connectivity index (χ4v) is 6.77. The van der Waals surface area contributed by atoms with E-state index in [0.717, 1.165) is 44.5 Å². The summed E-state index contributed by atoms with van der Waals surface area (Å²) in [5, 5.41) is 14.3. The Labute approximate surface area is 242 Å². The predicted octanol–water partition coefficient (Wildman–Crippen LogP) is 4.19. The largest absolute Gasteiger partial charge is 0.485 e. The smallest absolute Gasteiger partial charge is 0.251 e. The molecule has 9 heteroatoms. The lowest BCUT2D eigenvalue weighted by Gasteiger charge is -2.42. The van der Waals surface area contributed by atoms with E-state index in [2.05, 4.69) is 27.1 Å². The first-order valence-corrected chi connectivity index (χ1v) is 15.7. The molecule has 0 saturated carbocycles. The van der Waals surface area contributed by atoms with Crippen molar-refractivity contribution in [3.63, 3.8) is 0 Å². The van der Waals surface area contributed by atoms with Crippen LogP contribution in [0.5, 0.6) is 5.75 Å². The quantitative estimate of drug-likeness (QED) is 0.371. The van der Waals surface area contributed by atoms with E-state index in [9.17, 15) is 18.3 Å². The first-order valence-electron chi connectivity index (χ1n) is 14.2. The number of carbonyl (C=O) groups is 1. The van der Waals surface area contributed by atoms with Gasteiger partial charge in [-0.15, -0.1) is 0 Å². The topological polar surface area (TPSA) is 108 Å². The summed E-state index contributed by atoms with van der Waals surface area (Å²) in [5.41, 5.74) is 2.07. The van der Waals surface area contributed by atoms with E-state index in [1.54, 1.807) is 56.3 Å². The Kier molecular flexibility index (Phi) is 8.52. The van der Waals surface area contributed by atoms with Gasteiger partial charge in [0.15, 0.2) is 0 Å². The first-order chi connectivity index (χ1) is 19.6. The molecule has 1 saturated heterocycles. The maximum Gasteiger partial charge on any atom is 0.251 e. The Morgan fingerprint density at radius 1 is 1.00 bits per heavy atom. The third kappa shape index (κ3) is 6.64. The number of hydrogen-bond acceptors (Lipinski definition) is 6. The number of aliphatic hydroxyl groups is 1. The molecule has 5 rings (SSSR count). The molecule has 2 heterocycles. The molecule has 2 aliphatic heterocycles. The summed E-state index contributed by atoms with van der Waals surface area (Å²) in [6, 6.07) is 21.1. The average molecular weight is 578 g/mol. The van der Waals surface area contributed by atoms with Crippen molar-refractivity contribution in [2.45, 2.75) is 75.3 Å². The van der Waals surface area contributed by atoms with Gasteiger partial charge in [0.25, 0.3) is 5.91 Å². The summed E-state index contributed by atoms with van der Waals surface area (Å²) >= 11 is 0. The molecule has 0 aliphatic carbocycles. The number of amides is 1. The molecule has 0 spiro atoms. The molecular weight excluding hydrogens is 538 g/mol. The summed E-state index contributed by atoms with van der Waals surface area (Å²) in [6.45, 7) is 8.10. The highest BCUT2D eigenvalue weighted by atomic mass is 32.2. The number of likely N-dealkylation sites (tertiary alicyclic amines) is 1. The molecule has 0 bridgehead atoms. The fourth-order valence-electron chi connectivity index (χ4n) is 5.55. The number of sulfonamides is 1. The van der Waals surface area contributed by atoms with Gasteiger partial charge in [0.05, 0.1) is 10.9 Å². The van der Waals surface area contributed by atoms with E-state index >= 15 is 0 Å². The lowest BCUT2D eigenvalue weighted by atomic mass is 9.86. The van der Waals surface area contributed by atoms with Crippen LogP contribution in [-0.2, 0) is 23.0 Å². The second-order valence-electron chi connectivity index (χ2n) is 11.5. The van der Waals surface area contributed by atoms with Gasteiger partial charge in [-0.1, -0.05) is 49.4 Å². The number of nitrogens with one attached hydrogen (secondary N) is 2. The number of aryl methyl sites for hydroxylation is 1. The molecule has 3 N–H and O–H groups in total. The third-order valence-corrected chi connectivity index (χ3v) is 9.56. The monoisotopic (exact) mass is 577 g/mol. The Morgan fingerprint density at radius 2 is 1.68 bits per heavy atom. The minimum atomic E-state index is -3.97. The standard InChI is InChI=1S/C32H39N3O5S/c1-4-22-10-13-26(14-11-22)41(38,39)34-29-27-20-24(12-15-28(27)40-32(2,3)30(29)36)31(37)33-25-16-18-35(19-17-25)21-23-8-6-5-7-9-23/h5-15,20,25,29-30,34,36H,4,16-19,21H2,1-3H3,(H,33,37)/t29-,30+/m1/s1. The van der Waals surface area contributed by atoms with Gasteiger partial charge in [0.2, 0.25) is 10.0 Å². The van der Waals surface area contributed by atoms with Crippen LogP contribution in [0.3, 0.4) is 0 Å². The number of rotatable bonds is 8. The van der Waals surface area contributed by atoms with Crippen molar-refractivity contribution in [2.24, 2.45) is 0 Å². The van der Waals surface area contributed by atoms with Crippen molar-refractivity contribution in [1.29, 1.82) is 0 Å². The molecule has 0 aromatic heterocycles. The lowest BCUT2D eigenvalue weighted by molar-refractivity contribution is -0.0603. The number of hydrogen-bond donors (Lipinski definition) is 3. The highest BCUT2D eigenvalue weighted by Gasteiger charge is 2.45. The van der Waals surface area contributed by atoms with Crippen molar-refractivity contribution in [3.8, 4) is 5.75 Å². The molecule has 2 aliphatic rings. The Balaban J connectivity index is 1.30. The van der Waals surface area contributed by atoms with E-state index in [0.29, 0.717) is 16.9 Å². The minimum Gasteiger partial charge on any atom is -0.485 e. The molecule has 1 fully saturated rings. The number of fused-ring (bicyclic) bond motifs is 1. The molecule has 0 unspecified atom stereocenters.